The molecule has 0 amide bonds. The lowest BCUT2D eigenvalue weighted by atomic mass is 9.98. The summed E-state index contributed by atoms with van der Waals surface area (Å²) < 4.78 is 0. The number of carbonyl (C=O) groups excluding carboxylic acids is 1. The van der Waals surface area contributed by atoms with Gasteiger partial charge in [0.15, 0.2) is 5.78 Å². The van der Waals surface area contributed by atoms with Gasteiger partial charge in [-0.1, -0.05) is 6.92 Å². The molecular weight excluding hydrogens is 168 g/mol. The Morgan fingerprint density at radius 2 is 2.38 bits per heavy atom. The minimum absolute atomic E-state index is 0.130. The van der Waals surface area contributed by atoms with Gasteiger partial charge in [0.05, 0.1) is 6.33 Å². The lowest BCUT2D eigenvalue weighted by molar-refractivity contribution is -0.129. The van der Waals surface area contributed by atoms with Crippen molar-refractivity contribution < 1.29 is 9.90 Å². The first kappa shape index (κ1) is 9.92. The van der Waals surface area contributed by atoms with Gasteiger partial charge in [0.1, 0.15) is 6.10 Å². The summed E-state index contributed by atoms with van der Waals surface area (Å²) in [5.41, 5.74) is 0.918. The van der Waals surface area contributed by atoms with E-state index < -0.39 is 6.10 Å². The monoisotopic (exact) mass is 182 g/mol. The lowest BCUT2D eigenvalue weighted by Gasteiger charge is -2.10. The van der Waals surface area contributed by atoms with Crippen molar-refractivity contribution in [3.05, 3.63) is 18.2 Å². The van der Waals surface area contributed by atoms with Gasteiger partial charge in [0.25, 0.3) is 0 Å². The summed E-state index contributed by atoms with van der Waals surface area (Å²) in [5, 5.41) is 9.04. The average molecular weight is 182 g/mol. The van der Waals surface area contributed by atoms with E-state index >= 15 is 0 Å². The second-order valence-corrected chi connectivity index (χ2v) is 3.26. The number of rotatable bonds is 4. The number of H-pyrrole nitrogens is 1. The van der Waals surface area contributed by atoms with Crippen LogP contribution in [0.5, 0.6) is 0 Å². The zero-order valence-electron chi connectivity index (χ0n) is 7.82. The van der Waals surface area contributed by atoms with Crippen LogP contribution in [0, 0.1) is 5.92 Å². The number of nitrogens with one attached hydrogen (secondary N) is 1. The van der Waals surface area contributed by atoms with Gasteiger partial charge in [-0.3, -0.25) is 4.79 Å². The Bertz CT molecular complexity index is 267. The number of aromatic amines is 1. The van der Waals surface area contributed by atoms with Gasteiger partial charge in [0, 0.05) is 17.8 Å². The van der Waals surface area contributed by atoms with Gasteiger partial charge in [-0.25, -0.2) is 4.98 Å². The number of imidazole rings is 1. The molecule has 0 fully saturated rings. The molecule has 0 saturated heterocycles. The van der Waals surface area contributed by atoms with Crippen LogP contribution in [0.2, 0.25) is 0 Å². The minimum atomic E-state index is -0.877. The van der Waals surface area contributed by atoms with Crippen molar-refractivity contribution in [1.29, 1.82) is 0 Å². The van der Waals surface area contributed by atoms with E-state index in [9.17, 15) is 4.79 Å². The molecule has 72 valence electrons. The normalized spacial score (nSPS) is 15.3. The highest BCUT2D eigenvalue weighted by Crippen LogP contribution is 2.08. The predicted octanol–water partition coefficient (Wildman–Crippen LogP) is 0.538. The minimum Gasteiger partial charge on any atom is -0.386 e. The van der Waals surface area contributed by atoms with Crippen LogP contribution in [0.15, 0.2) is 12.5 Å². The summed E-state index contributed by atoms with van der Waals surface area (Å²) in [4.78, 5) is 18.1. The van der Waals surface area contributed by atoms with Crippen molar-refractivity contribution >= 4 is 5.78 Å². The highest BCUT2D eigenvalue weighted by atomic mass is 16.3. The summed E-state index contributed by atoms with van der Waals surface area (Å²) in [6.07, 6.45) is 2.99. The van der Waals surface area contributed by atoms with E-state index in [1.165, 1.54) is 6.92 Å². The molecule has 0 saturated carbocycles. The maximum absolute atomic E-state index is 11.3. The van der Waals surface area contributed by atoms with Crippen LogP contribution >= 0.6 is 0 Å². The molecule has 0 radical (unpaired) electrons. The van der Waals surface area contributed by atoms with Crippen molar-refractivity contribution in [2.75, 3.05) is 0 Å². The fourth-order valence-corrected chi connectivity index (χ4v) is 1.24. The van der Waals surface area contributed by atoms with E-state index in [0.717, 1.165) is 5.69 Å². The molecule has 4 heteroatoms. The SMILES string of the molecule is CC(O)C(=O)C(C)Cc1cnc[nH]1. The lowest BCUT2D eigenvalue weighted by Crippen LogP contribution is -2.25. The van der Waals surface area contributed by atoms with E-state index in [-0.39, 0.29) is 11.7 Å². The molecular formula is C9H14N2O2. The molecule has 0 aliphatic rings. The van der Waals surface area contributed by atoms with E-state index in [0.29, 0.717) is 6.42 Å². The molecule has 0 bridgehead atoms. The van der Waals surface area contributed by atoms with Gasteiger partial charge in [-0.15, -0.1) is 0 Å². The first-order valence-corrected chi connectivity index (χ1v) is 4.30. The summed E-state index contributed by atoms with van der Waals surface area (Å²) in [6, 6.07) is 0. The number of Topliss-reactive ketones (excluding diaryl/α,β-unsaturated/α-hetero) is 1. The molecule has 1 aromatic heterocycles. The van der Waals surface area contributed by atoms with Crippen LogP contribution in [-0.4, -0.2) is 27.0 Å². The van der Waals surface area contributed by atoms with E-state index in [1.54, 1.807) is 19.4 Å². The number of carbonyl (C=O) groups is 1. The fourth-order valence-electron chi connectivity index (χ4n) is 1.24. The Hall–Kier alpha value is -1.16. The van der Waals surface area contributed by atoms with Crippen molar-refractivity contribution in [2.24, 2.45) is 5.92 Å². The van der Waals surface area contributed by atoms with E-state index in [4.69, 9.17) is 5.11 Å². The zero-order chi connectivity index (χ0) is 9.84. The third-order valence-electron chi connectivity index (χ3n) is 1.98. The van der Waals surface area contributed by atoms with Crippen molar-refractivity contribution in [3.8, 4) is 0 Å². The van der Waals surface area contributed by atoms with E-state index in [2.05, 4.69) is 9.97 Å². The average Bonchev–Trinajstić information content (AvgIpc) is 2.55. The number of ketones is 1. The second kappa shape index (κ2) is 4.18. The number of aromatic nitrogens is 2. The summed E-state index contributed by atoms with van der Waals surface area (Å²) >= 11 is 0. The van der Waals surface area contributed by atoms with Crippen molar-refractivity contribution in [3.63, 3.8) is 0 Å². The standard InChI is InChI=1S/C9H14N2O2/c1-6(9(13)7(2)12)3-8-4-10-5-11-8/h4-7,12H,3H2,1-2H3,(H,10,11). The largest absolute Gasteiger partial charge is 0.386 e. The molecule has 0 aliphatic carbocycles. The maximum atomic E-state index is 11.3. The molecule has 13 heavy (non-hydrogen) atoms. The molecule has 2 atom stereocenters. The van der Waals surface area contributed by atoms with Crippen LogP contribution in [-0.2, 0) is 11.2 Å². The molecule has 1 rings (SSSR count). The highest BCUT2D eigenvalue weighted by molar-refractivity contribution is 5.84. The Labute approximate surface area is 77.0 Å². The molecule has 2 unspecified atom stereocenters. The number of hydrogen-bond acceptors (Lipinski definition) is 3. The van der Waals surface area contributed by atoms with Gasteiger partial charge in [-0.2, -0.15) is 0 Å². The van der Waals surface area contributed by atoms with Crippen molar-refractivity contribution in [2.45, 2.75) is 26.4 Å². The van der Waals surface area contributed by atoms with Crippen LogP contribution in [0.4, 0.5) is 0 Å². The smallest absolute Gasteiger partial charge is 0.164 e. The second-order valence-electron chi connectivity index (χ2n) is 3.26. The zero-order valence-corrected chi connectivity index (χ0v) is 7.82. The molecule has 0 spiro atoms. The molecule has 0 aromatic carbocycles. The predicted molar refractivity (Wildman–Crippen MR) is 48.1 cm³/mol. The number of aliphatic hydroxyl groups is 1. The topological polar surface area (TPSA) is 66.0 Å². The van der Waals surface area contributed by atoms with Crippen LogP contribution in [0.1, 0.15) is 19.5 Å². The Morgan fingerprint density at radius 1 is 1.69 bits per heavy atom. The first-order valence-electron chi connectivity index (χ1n) is 4.30. The maximum Gasteiger partial charge on any atom is 0.164 e. The summed E-state index contributed by atoms with van der Waals surface area (Å²) in [7, 11) is 0. The van der Waals surface area contributed by atoms with Crippen LogP contribution in [0.25, 0.3) is 0 Å². The van der Waals surface area contributed by atoms with Gasteiger partial charge >= 0.3 is 0 Å². The number of aliphatic hydroxyl groups excluding tert-OH is 1. The molecule has 4 nitrogen and oxygen atoms in total. The molecule has 1 heterocycles. The van der Waals surface area contributed by atoms with Crippen LogP contribution < -0.4 is 0 Å². The van der Waals surface area contributed by atoms with E-state index in [1.807, 2.05) is 0 Å². The van der Waals surface area contributed by atoms with Crippen LogP contribution in [0.3, 0.4) is 0 Å². The molecule has 0 aliphatic heterocycles. The Balaban J connectivity index is 2.51. The first-order chi connectivity index (χ1) is 6.11. The Kier molecular flexibility index (Phi) is 3.19. The van der Waals surface area contributed by atoms with Crippen molar-refractivity contribution in [1.82, 2.24) is 9.97 Å². The summed E-state index contributed by atoms with van der Waals surface area (Å²) in [6.45, 7) is 3.29. The molecule has 2 N–H and O–H groups in total. The third-order valence-corrected chi connectivity index (χ3v) is 1.98. The Morgan fingerprint density at radius 3 is 2.85 bits per heavy atom. The number of nitrogens with zero attached hydrogens (tertiary/aromatic N) is 1. The number of hydrogen-bond donors (Lipinski definition) is 2. The highest BCUT2D eigenvalue weighted by Gasteiger charge is 2.18. The molecule has 1 aromatic rings. The third kappa shape index (κ3) is 2.66. The quantitative estimate of drug-likeness (QED) is 0.714. The van der Waals surface area contributed by atoms with Gasteiger partial charge in [-0.05, 0) is 13.3 Å². The summed E-state index contributed by atoms with van der Waals surface area (Å²) in [5.74, 6) is -0.296. The van der Waals surface area contributed by atoms with Gasteiger partial charge in [0.2, 0.25) is 0 Å². The van der Waals surface area contributed by atoms with Gasteiger partial charge < -0.3 is 10.1 Å². The fraction of sp³-hybridized carbons (Fsp3) is 0.556.